The normalized spacial score (nSPS) is 12.3. The minimum atomic E-state index is -0.433. The summed E-state index contributed by atoms with van der Waals surface area (Å²) in [5.74, 6) is -0.630. The highest BCUT2D eigenvalue weighted by Gasteiger charge is 2.17. The Balaban J connectivity index is 2.46. The number of ether oxygens (including phenoxy) is 1. The second kappa shape index (κ2) is 6.10. The van der Waals surface area contributed by atoms with Crippen molar-refractivity contribution in [2.75, 3.05) is 7.11 Å². The van der Waals surface area contributed by atoms with Gasteiger partial charge in [-0.05, 0) is 41.8 Å². The molecule has 1 nitrogen and oxygen atoms in total. The van der Waals surface area contributed by atoms with E-state index in [2.05, 4.69) is 15.9 Å². The Morgan fingerprint density at radius 1 is 1.15 bits per heavy atom. The highest BCUT2D eigenvalue weighted by molar-refractivity contribution is 9.09. The largest absolute Gasteiger partial charge is 0.494 e. The number of aryl methyl sites for hydroxylation is 1. The molecule has 0 bridgehead atoms. The summed E-state index contributed by atoms with van der Waals surface area (Å²) >= 11 is 9.58. The van der Waals surface area contributed by atoms with E-state index in [4.69, 9.17) is 16.3 Å². The van der Waals surface area contributed by atoms with Crippen molar-refractivity contribution in [3.05, 3.63) is 63.7 Å². The summed E-state index contributed by atoms with van der Waals surface area (Å²) in [6.07, 6.45) is 0. The van der Waals surface area contributed by atoms with Gasteiger partial charge in [-0.3, -0.25) is 0 Å². The predicted octanol–water partition coefficient (Wildman–Crippen LogP) is 5.42. The van der Waals surface area contributed by atoms with Crippen LogP contribution in [-0.2, 0) is 0 Å². The SMILES string of the molecule is COc1cc(C(Br)c2cc(C)c(F)cc2Cl)ccc1F. The van der Waals surface area contributed by atoms with Crippen molar-refractivity contribution >= 4 is 27.5 Å². The Bertz CT molecular complexity index is 646. The summed E-state index contributed by atoms with van der Waals surface area (Å²) in [5, 5.41) is 0.318. The molecule has 0 N–H and O–H groups in total. The Morgan fingerprint density at radius 2 is 1.85 bits per heavy atom. The van der Waals surface area contributed by atoms with Crippen molar-refractivity contribution in [3.8, 4) is 5.75 Å². The Hall–Kier alpha value is -1.13. The van der Waals surface area contributed by atoms with Gasteiger partial charge in [-0.25, -0.2) is 8.78 Å². The van der Waals surface area contributed by atoms with Crippen LogP contribution in [0.3, 0.4) is 0 Å². The first-order chi connectivity index (χ1) is 9.43. The fraction of sp³-hybridized carbons (Fsp3) is 0.200. The van der Waals surface area contributed by atoms with Gasteiger partial charge in [0.2, 0.25) is 0 Å². The van der Waals surface area contributed by atoms with E-state index in [9.17, 15) is 8.78 Å². The summed E-state index contributed by atoms with van der Waals surface area (Å²) in [6, 6.07) is 7.50. The average Bonchev–Trinajstić information content (AvgIpc) is 2.42. The summed E-state index contributed by atoms with van der Waals surface area (Å²) in [6.45, 7) is 1.67. The highest BCUT2D eigenvalue weighted by Crippen LogP contribution is 2.37. The van der Waals surface area contributed by atoms with Gasteiger partial charge < -0.3 is 4.74 Å². The van der Waals surface area contributed by atoms with Crippen LogP contribution in [0.1, 0.15) is 21.5 Å². The van der Waals surface area contributed by atoms with Crippen LogP contribution in [0.5, 0.6) is 5.75 Å². The van der Waals surface area contributed by atoms with Crippen LogP contribution in [-0.4, -0.2) is 7.11 Å². The molecule has 0 radical (unpaired) electrons. The lowest BCUT2D eigenvalue weighted by Crippen LogP contribution is -1.98. The molecule has 0 spiro atoms. The lowest BCUT2D eigenvalue weighted by Gasteiger charge is -2.15. The van der Waals surface area contributed by atoms with Crippen LogP contribution in [0.4, 0.5) is 8.78 Å². The van der Waals surface area contributed by atoms with Gasteiger partial charge in [0.15, 0.2) is 11.6 Å². The van der Waals surface area contributed by atoms with E-state index in [0.29, 0.717) is 10.6 Å². The fourth-order valence-corrected chi connectivity index (χ4v) is 2.94. The molecule has 0 aliphatic rings. The Morgan fingerprint density at radius 3 is 2.50 bits per heavy atom. The zero-order valence-corrected chi connectivity index (χ0v) is 13.2. The summed E-state index contributed by atoms with van der Waals surface area (Å²) in [5.41, 5.74) is 2.00. The lowest BCUT2D eigenvalue weighted by molar-refractivity contribution is 0.386. The second-order valence-electron chi connectivity index (χ2n) is 4.38. The van der Waals surface area contributed by atoms with E-state index in [-0.39, 0.29) is 16.4 Å². The molecule has 0 aliphatic carbocycles. The Kier molecular flexibility index (Phi) is 4.66. The molecule has 106 valence electrons. The predicted molar refractivity (Wildman–Crippen MR) is 79.9 cm³/mol. The van der Waals surface area contributed by atoms with E-state index in [0.717, 1.165) is 11.1 Å². The van der Waals surface area contributed by atoms with Gasteiger partial charge in [0.25, 0.3) is 0 Å². The number of methoxy groups -OCH3 is 1. The molecule has 0 saturated carbocycles. The maximum Gasteiger partial charge on any atom is 0.165 e. The van der Waals surface area contributed by atoms with Gasteiger partial charge in [-0.2, -0.15) is 0 Å². The first-order valence-electron chi connectivity index (χ1n) is 5.87. The molecule has 2 aromatic rings. The molecule has 0 fully saturated rings. The molecule has 0 heterocycles. The third-order valence-corrected chi connectivity index (χ3v) is 4.37. The molecule has 5 heteroatoms. The van der Waals surface area contributed by atoms with Gasteiger partial charge in [0, 0.05) is 5.02 Å². The molecule has 0 aliphatic heterocycles. The topological polar surface area (TPSA) is 9.23 Å². The second-order valence-corrected chi connectivity index (χ2v) is 5.70. The zero-order valence-electron chi connectivity index (χ0n) is 10.9. The molecule has 0 saturated heterocycles. The quantitative estimate of drug-likeness (QED) is 0.663. The van der Waals surface area contributed by atoms with Crippen LogP contribution in [0.25, 0.3) is 0 Å². The molecule has 1 atom stereocenters. The standard InChI is InChI=1S/C15H12BrClF2O/c1-8-5-10(11(17)7-13(8)19)15(16)9-3-4-12(18)14(6-9)20-2/h3-7,15H,1-2H3. The summed E-state index contributed by atoms with van der Waals surface area (Å²) < 4.78 is 31.8. The summed E-state index contributed by atoms with van der Waals surface area (Å²) in [4.78, 5) is -0.274. The van der Waals surface area contributed by atoms with Crippen molar-refractivity contribution in [3.63, 3.8) is 0 Å². The molecular formula is C15H12BrClF2O. The number of hydrogen-bond acceptors (Lipinski definition) is 1. The minimum Gasteiger partial charge on any atom is -0.494 e. The zero-order chi connectivity index (χ0) is 14.9. The van der Waals surface area contributed by atoms with E-state index in [1.165, 1.54) is 19.2 Å². The fourth-order valence-electron chi connectivity index (χ4n) is 1.89. The third-order valence-electron chi connectivity index (χ3n) is 3.02. The van der Waals surface area contributed by atoms with E-state index >= 15 is 0 Å². The molecule has 0 amide bonds. The van der Waals surface area contributed by atoms with E-state index < -0.39 is 5.82 Å². The minimum absolute atomic E-state index is 0.155. The van der Waals surface area contributed by atoms with Gasteiger partial charge in [-0.1, -0.05) is 39.7 Å². The van der Waals surface area contributed by atoms with E-state index in [1.807, 2.05) is 0 Å². The molecule has 2 aromatic carbocycles. The monoisotopic (exact) mass is 360 g/mol. The molecular weight excluding hydrogens is 350 g/mol. The molecule has 20 heavy (non-hydrogen) atoms. The van der Waals surface area contributed by atoms with Gasteiger partial charge in [0.1, 0.15) is 5.82 Å². The maximum atomic E-state index is 13.4. The lowest BCUT2D eigenvalue weighted by atomic mass is 10.0. The van der Waals surface area contributed by atoms with Gasteiger partial charge >= 0.3 is 0 Å². The number of rotatable bonds is 3. The number of alkyl halides is 1. The number of halogens is 4. The van der Waals surface area contributed by atoms with Crippen molar-refractivity contribution in [2.45, 2.75) is 11.8 Å². The van der Waals surface area contributed by atoms with Gasteiger partial charge in [-0.15, -0.1) is 0 Å². The third kappa shape index (κ3) is 2.96. The van der Waals surface area contributed by atoms with Crippen molar-refractivity contribution in [2.24, 2.45) is 0 Å². The molecule has 1 unspecified atom stereocenters. The number of benzene rings is 2. The van der Waals surface area contributed by atoms with Gasteiger partial charge in [0.05, 0.1) is 11.9 Å². The summed E-state index contributed by atoms with van der Waals surface area (Å²) in [7, 11) is 1.40. The van der Waals surface area contributed by atoms with Crippen LogP contribution >= 0.6 is 27.5 Å². The van der Waals surface area contributed by atoms with Crippen LogP contribution in [0.15, 0.2) is 30.3 Å². The highest BCUT2D eigenvalue weighted by atomic mass is 79.9. The van der Waals surface area contributed by atoms with Crippen molar-refractivity contribution < 1.29 is 13.5 Å². The van der Waals surface area contributed by atoms with Crippen LogP contribution < -0.4 is 4.74 Å². The number of hydrogen-bond donors (Lipinski definition) is 0. The van der Waals surface area contributed by atoms with Crippen LogP contribution in [0, 0.1) is 18.6 Å². The average molecular weight is 362 g/mol. The van der Waals surface area contributed by atoms with Crippen LogP contribution in [0.2, 0.25) is 5.02 Å². The first kappa shape index (κ1) is 15.3. The van der Waals surface area contributed by atoms with Crippen molar-refractivity contribution in [1.82, 2.24) is 0 Å². The smallest absolute Gasteiger partial charge is 0.165 e. The molecule has 0 aromatic heterocycles. The van der Waals surface area contributed by atoms with E-state index in [1.54, 1.807) is 25.1 Å². The molecule has 2 rings (SSSR count). The van der Waals surface area contributed by atoms with Crippen molar-refractivity contribution in [1.29, 1.82) is 0 Å². The first-order valence-corrected chi connectivity index (χ1v) is 7.16. The Labute approximate surface area is 129 Å². The maximum absolute atomic E-state index is 13.4.